The number of halogens is 1. The quantitative estimate of drug-likeness (QED) is 0.524. The van der Waals surface area contributed by atoms with Crippen LogP contribution in [0.1, 0.15) is 5.56 Å². The summed E-state index contributed by atoms with van der Waals surface area (Å²) in [4.78, 5) is 12.1. The minimum absolute atomic E-state index is 0.267. The van der Waals surface area contributed by atoms with Crippen LogP contribution in [0.5, 0.6) is 5.75 Å². The molecule has 1 N–H and O–H groups in total. The Morgan fingerprint density at radius 1 is 0.897 bits per heavy atom. The summed E-state index contributed by atoms with van der Waals surface area (Å²) < 4.78 is 12.9. The van der Waals surface area contributed by atoms with Crippen molar-refractivity contribution >= 4 is 27.4 Å². The first-order valence-corrected chi connectivity index (χ1v) is 10.2. The first kappa shape index (κ1) is 18.0. The largest absolute Gasteiger partial charge is 0.368 e. The van der Waals surface area contributed by atoms with E-state index in [1.54, 1.807) is 6.07 Å². The van der Waals surface area contributed by atoms with E-state index >= 15 is 0 Å². The van der Waals surface area contributed by atoms with Crippen LogP contribution < -0.4 is 9.84 Å². The molecule has 1 aliphatic rings. The van der Waals surface area contributed by atoms with Crippen molar-refractivity contribution in [2.24, 2.45) is 0 Å². The molecule has 1 aromatic heterocycles. The van der Waals surface area contributed by atoms with Crippen LogP contribution in [-0.4, -0.2) is 42.6 Å². The monoisotopic (exact) mass is 389 g/mol. The molecule has 0 saturated carbocycles. The molecule has 0 bridgehead atoms. The second-order valence-electron chi connectivity index (χ2n) is 7.69. The lowest BCUT2D eigenvalue weighted by Crippen LogP contribution is -2.47. The van der Waals surface area contributed by atoms with E-state index in [4.69, 9.17) is 0 Å². The van der Waals surface area contributed by atoms with Gasteiger partial charge in [-0.3, -0.25) is 9.84 Å². The number of piperazine rings is 1. The summed E-state index contributed by atoms with van der Waals surface area (Å²) in [6, 6.07) is 21.0. The average molecular weight is 389 g/mol. The summed E-state index contributed by atoms with van der Waals surface area (Å²) >= 11 is 0. The zero-order valence-electron chi connectivity index (χ0n) is 16.3. The van der Waals surface area contributed by atoms with Gasteiger partial charge in [0, 0.05) is 59.9 Å². The van der Waals surface area contributed by atoms with Crippen molar-refractivity contribution < 1.29 is 9.47 Å². The fraction of sp³-hybridized carbons (Fsp3) is 0.250. The van der Waals surface area contributed by atoms with Crippen LogP contribution in [0, 0.1) is 0 Å². The molecule has 4 nitrogen and oxygen atoms in total. The molecule has 0 aliphatic carbocycles. The molecule has 0 unspecified atom stereocenters. The lowest BCUT2D eigenvalue weighted by Gasteiger charge is -2.36. The smallest absolute Gasteiger partial charge is 0.196 e. The van der Waals surface area contributed by atoms with Crippen LogP contribution in [0.2, 0.25) is 0 Å². The lowest BCUT2D eigenvalue weighted by molar-refractivity contribution is -0.00453. The van der Waals surface area contributed by atoms with Crippen molar-refractivity contribution in [3.8, 4) is 5.75 Å². The second-order valence-corrected chi connectivity index (χ2v) is 7.69. The topological polar surface area (TPSA) is 31.5 Å². The van der Waals surface area contributed by atoms with E-state index in [0.717, 1.165) is 50.1 Å². The van der Waals surface area contributed by atoms with Crippen molar-refractivity contribution in [1.82, 2.24) is 9.88 Å². The van der Waals surface area contributed by atoms with Gasteiger partial charge >= 0.3 is 0 Å². The van der Waals surface area contributed by atoms with Crippen molar-refractivity contribution in [3.63, 3.8) is 0 Å². The standard InChI is InChI=1S/C24H24FN3O/c25-29-23-17-18(16-20-8-10-26-24(20)23)9-11-27-12-14-28(15-13-27)22-7-3-5-19-4-1-2-6-21(19)22/h1-8,10,16-17,26H,9,11-15H2. The van der Waals surface area contributed by atoms with Gasteiger partial charge in [-0.2, -0.15) is 0 Å². The third-order valence-corrected chi connectivity index (χ3v) is 5.96. The Balaban J connectivity index is 1.23. The Hall–Kier alpha value is -3.05. The van der Waals surface area contributed by atoms with Crippen LogP contribution in [0.15, 0.2) is 66.9 Å². The predicted octanol–water partition coefficient (Wildman–Crippen LogP) is 4.95. The van der Waals surface area contributed by atoms with Gasteiger partial charge in [-0.05, 0) is 41.6 Å². The molecular formula is C24H24FN3O. The highest BCUT2D eigenvalue weighted by molar-refractivity contribution is 5.94. The number of aromatic nitrogens is 1. The van der Waals surface area contributed by atoms with Gasteiger partial charge in [-0.25, -0.2) is 0 Å². The molecule has 3 aromatic carbocycles. The van der Waals surface area contributed by atoms with Gasteiger partial charge in [-0.1, -0.05) is 36.4 Å². The summed E-state index contributed by atoms with van der Waals surface area (Å²) in [5.74, 6) is 0.267. The van der Waals surface area contributed by atoms with Gasteiger partial charge in [0.1, 0.15) is 0 Å². The van der Waals surface area contributed by atoms with E-state index < -0.39 is 0 Å². The maximum atomic E-state index is 12.9. The van der Waals surface area contributed by atoms with Crippen molar-refractivity contribution in [2.75, 3.05) is 37.6 Å². The SMILES string of the molecule is FOc1cc(CCN2CCN(c3cccc4ccccc34)CC2)cc2cc[nH]c12. The maximum absolute atomic E-state index is 12.9. The van der Waals surface area contributed by atoms with Crippen molar-refractivity contribution in [2.45, 2.75) is 6.42 Å². The van der Waals surface area contributed by atoms with E-state index in [-0.39, 0.29) is 5.75 Å². The van der Waals surface area contributed by atoms with Crippen molar-refractivity contribution in [1.29, 1.82) is 0 Å². The lowest BCUT2D eigenvalue weighted by atomic mass is 10.1. The van der Waals surface area contributed by atoms with Gasteiger partial charge in [0.15, 0.2) is 5.75 Å². The number of anilines is 1. The van der Waals surface area contributed by atoms with Crippen LogP contribution in [0.3, 0.4) is 0 Å². The number of hydrogen-bond donors (Lipinski definition) is 1. The highest BCUT2D eigenvalue weighted by atomic mass is 19.3. The molecule has 0 atom stereocenters. The average Bonchev–Trinajstić information content (AvgIpc) is 3.26. The fourth-order valence-electron chi connectivity index (χ4n) is 4.39. The van der Waals surface area contributed by atoms with E-state index in [1.807, 2.05) is 12.3 Å². The van der Waals surface area contributed by atoms with Crippen LogP contribution in [0.25, 0.3) is 21.7 Å². The molecule has 5 rings (SSSR count). The number of benzene rings is 3. The molecule has 2 heterocycles. The number of rotatable bonds is 5. The summed E-state index contributed by atoms with van der Waals surface area (Å²) in [5.41, 5.74) is 3.13. The van der Waals surface area contributed by atoms with E-state index in [0.29, 0.717) is 5.52 Å². The highest BCUT2D eigenvalue weighted by Gasteiger charge is 2.18. The second kappa shape index (κ2) is 7.76. The normalized spacial score (nSPS) is 15.3. The third kappa shape index (κ3) is 3.54. The Kier molecular flexibility index (Phi) is 4.82. The van der Waals surface area contributed by atoms with Gasteiger partial charge in [-0.15, -0.1) is 0 Å². The molecular weight excluding hydrogens is 365 g/mol. The molecule has 0 amide bonds. The summed E-state index contributed by atoms with van der Waals surface area (Å²) in [7, 11) is 0. The number of nitrogens with one attached hydrogen (secondary N) is 1. The highest BCUT2D eigenvalue weighted by Crippen LogP contribution is 2.29. The molecule has 29 heavy (non-hydrogen) atoms. The van der Waals surface area contributed by atoms with Crippen LogP contribution in [0.4, 0.5) is 10.2 Å². The summed E-state index contributed by atoms with van der Waals surface area (Å²) in [5, 5.41) is 3.59. The Bertz CT molecular complexity index is 1130. The van der Waals surface area contributed by atoms with Gasteiger partial charge < -0.3 is 9.88 Å². The van der Waals surface area contributed by atoms with E-state index in [2.05, 4.69) is 68.3 Å². The zero-order valence-corrected chi connectivity index (χ0v) is 16.3. The molecule has 5 heteroatoms. The number of nitrogens with zero attached hydrogens (tertiary/aromatic N) is 2. The maximum Gasteiger partial charge on any atom is 0.196 e. The van der Waals surface area contributed by atoms with Gasteiger partial charge in [0.25, 0.3) is 0 Å². The molecule has 0 spiro atoms. The Morgan fingerprint density at radius 2 is 1.72 bits per heavy atom. The summed E-state index contributed by atoms with van der Waals surface area (Å²) in [6.07, 6.45) is 2.69. The number of H-pyrrole nitrogens is 1. The minimum atomic E-state index is 0.267. The number of aromatic amines is 1. The number of hydrogen-bond acceptors (Lipinski definition) is 3. The zero-order chi connectivity index (χ0) is 19.6. The van der Waals surface area contributed by atoms with Gasteiger partial charge in [0.05, 0.1) is 5.52 Å². The van der Waals surface area contributed by atoms with Crippen LogP contribution in [-0.2, 0) is 6.42 Å². The third-order valence-electron chi connectivity index (χ3n) is 5.96. The predicted molar refractivity (Wildman–Crippen MR) is 116 cm³/mol. The first-order chi connectivity index (χ1) is 14.3. The molecule has 0 radical (unpaired) electrons. The van der Waals surface area contributed by atoms with E-state index in [1.165, 1.54) is 16.5 Å². The minimum Gasteiger partial charge on any atom is -0.368 e. The molecule has 1 saturated heterocycles. The molecule has 148 valence electrons. The summed E-state index contributed by atoms with van der Waals surface area (Å²) in [6.45, 7) is 5.06. The Labute approximate surface area is 169 Å². The number of fused-ring (bicyclic) bond motifs is 2. The van der Waals surface area contributed by atoms with E-state index in [9.17, 15) is 4.53 Å². The van der Waals surface area contributed by atoms with Gasteiger partial charge in [0.2, 0.25) is 0 Å². The Morgan fingerprint density at radius 3 is 2.59 bits per heavy atom. The fourth-order valence-corrected chi connectivity index (χ4v) is 4.39. The molecule has 4 aromatic rings. The van der Waals surface area contributed by atoms with Crippen molar-refractivity contribution in [3.05, 3.63) is 72.4 Å². The first-order valence-electron chi connectivity index (χ1n) is 10.2. The molecule has 1 fully saturated rings. The molecule has 1 aliphatic heterocycles. The van der Waals surface area contributed by atoms with Crippen LogP contribution >= 0.6 is 0 Å².